The standard InChI is InChI=1S/C10H18N2/c1-2-3-4-6-10-7-5-8-12(10)9-11/h10H,2-8H2,1H3. The molecule has 1 unspecified atom stereocenters. The Balaban J connectivity index is 2.18. The predicted molar refractivity (Wildman–Crippen MR) is 49.5 cm³/mol. The molecule has 1 aliphatic heterocycles. The van der Waals surface area contributed by atoms with Crippen molar-refractivity contribution >= 4 is 0 Å². The second-order valence-electron chi connectivity index (χ2n) is 3.59. The van der Waals surface area contributed by atoms with Crippen LogP contribution in [0, 0.1) is 11.5 Å². The highest BCUT2D eigenvalue weighted by atomic mass is 15.2. The number of hydrogen-bond donors (Lipinski definition) is 0. The van der Waals surface area contributed by atoms with E-state index in [1.54, 1.807) is 0 Å². The quantitative estimate of drug-likeness (QED) is 0.474. The molecule has 12 heavy (non-hydrogen) atoms. The summed E-state index contributed by atoms with van der Waals surface area (Å²) in [6, 6.07) is 0.571. The van der Waals surface area contributed by atoms with Gasteiger partial charge in [0.15, 0.2) is 6.19 Å². The maximum atomic E-state index is 8.77. The Bertz CT molecular complexity index is 160. The van der Waals surface area contributed by atoms with E-state index in [1.807, 2.05) is 4.90 Å². The average molecular weight is 166 g/mol. The molecule has 2 nitrogen and oxygen atoms in total. The summed E-state index contributed by atoms with van der Waals surface area (Å²) in [4.78, 5) is 1.95. The number of nitrogens with zero attached hydrogens (tertiary/aromatic N) is 2. The number of nitriles is 1. The first-order valence-electron chi connectivity index (χ1n) is 5.05. The predicted octanol–water partition coefficient (Wildman–Crippen LogP) is 2.51. The van der Waals surface area contributed by atoms with E-state index < -0.39 is 0 Å². The van der Waals surface area contributed by atoms with Crippen LogP contribution < -0.4 is 0 Å². The van der Waals surface area contributed by atoms with E-state index in [0.717, 1.165) is 6.54 Å². The fraction of sp³-hybridized carbons (Fsp3) is 0.900. The van der Waals surface area contributed by atoms with E-state index in [-0.39, 0.29) is 0 Å². The molecule has 0 aliphatic carbocycles. The van der Waals surface area contributed by atoms with Crippen LogP contribution in [0.1, 0.15) is 45.4 Å². The van der Waals surface area contributed by atoms with Crippen LogP contribution in [-0.4, -0.2) is 17.5 Å². The molecule has 0 N–H and O–H groups in total. The van der Waals surface area contributed by atoms with Crippen LogP contribution in [0.5, 0.6) is 0 Å². The maximum Gasteiger partial charge on any atom is 0.179 e. The molecular formula is C10H18N2. The van der Waals surface area contributed by atoms with Gasteiger partial charge in [0.05, 0.1) is 0 Å². The van der Waals surface area contributed by atoms with E-state index in [0.29, 0.717) is 6.04 Å². The number of likely N-dealkylation sites (tertiary alicyclic amines) is 1. The zero-order valence-electron chi connectivity index (χ0n) is 7.92. The number of hydrogen-bond acceptors (Lipinski definition) is 2. The Labute approximate surface area is 75.2 Å². The largest absolute Gasteiger partial charge is 0.308 e. The number of unbranched alkanes of at least 4 members (excludes halogenated alkanes) is 2. The van der Waals surface area contributed by atoms with E-state index in [1.165, 1.54) is 38.5 Å². The first kappa shape index (κ1) is 9.38. The van der Waals surface area contributed by atoms with Crippen LogP contribution in [0.4, 0.5) is 0 Å². The highest BCUT2D eigenvalue weighted by Gasteiger charge is 2.22. The van der Waals surface area contributed by atoms with Gasteiger partial charge in [-0.3, -0.25) is 0 Å². The fourth-order valence-electron chi connectivity index (χ4n) is 1.90. The smallest absolute Gasteiger partial charge is 0.179 e. The summed E-state index contributed by atoms with van der Waals surface area (Å²) in [7, 11) is 0. The van der Waals surface area contributed by atoms with Crippen LogP contribution in [0.15, 0.2) is 0 Å². The Kier molecular flexibility index (Phi) is 3.93. The third-order valence-electron chi connectivity index (χ3n) is 2.65. The fourth-order valence-corrected chi connectivity index (χ4v) is 1.90. The highest BCUT2D eigenvalue weighted by molar-refractivity contribution is 4.87. The van der Waals surface area contributed by atoms with Crippen molar-refractivity contribution in [2.45, 2.75) is 51.5 Å². The normalized spacial score (nSPS) is 22.7. The van der Waals surface area contributed by atoms with Crippen molar-refractivity contribution < 1.29 is 0 Å². The van der Waals surface area contributed by atoms with Gasteiger partial charge >= 0.3 is 0 Å². The molecule has 1 rings (SSSR count). The van der Waals surface area contributed by atoms with Crippen LogP contribution in [-0.2, 0) is 0 Å². The summed E-state index contributed by atoms with van der Waals surface area (Å²) in [5.41, 5.74) is 0. The lowest BCUT2D eigenvalue weighted by molar-refractivity contribution is 0.337. The van der Waals surface area contributed by atoms with Gasteiger partial charge in [-0.15, -0.1) is 0 Å². The van der Waals surface area contributed by atoms with Gasteiger partial charge in [0.25, 0.3) is 0 Å². The molecule has 1 aliphatic rings. The van der Waals surface area contributed by atoms with Crippen LogP contribution in [0.25, 0.3) is 0 Å². The lowest BCUT2D eigenvalue weighted by Crippen LogP contribution is -2.23. The van der Waals surface area contributed by atoms with E-state index in [4.69, 9.17) is 5.26 Å². The molecule has 0 spiro atoms. The molecule has 0 amide bonds. The third kappa shape index (κ3) is 2.41. The van der Waals surface area contributed by atoms with Gasteiger partial charge in [0.2, 0.25) is 0 Å². The summed E-state index contributed by atoms with van der Waals surface area (Å²) in [6.07, 6.45) is 9.83. The monoisotopic (exact) mass is 166 g/mol. The van der Waals surface area contributed by atoms with E-state index in [2.05, 4.69) is 13.1 Å². The summed E-state index contributed by atoms with van der Waals surface area (Å²) in [5.74, 6) is 0. The lowest BCUT2D eigenvalue weighted by Gasteiger charge is -2.17. The first-order valence-corrected chi connectivity index (χ1v) is 5.05. The minimum absolute atomic E-state index is 0.571. The minimum Gasteiger partial charge on any atom is -0.308 e. The molecule has 0 radical (unpaired) electrons. The molecule has 1 fully saturated rings. The summed E-state index contributed by atoms with van der Waals surface area (Å²) < 4.78 is 0. The van der Waals surface area contributed by atoms with Gasteiger partial charge < -0.3 is 4.90 Å². The molecule has 2 heteroatoms. The zero-order chi connectivity index (χ0) is 8.81. The van der Waals surface area contributed by atoms with Crippen molar-refractivity contribution in [1.29, 1.82) is 5.26 Å². The number of rotatable bonds is 4. The lowest BCUT2D eigenvalue weighted by atomic mass is 10.1. The van der Waals surface area contributed by atoms with Crippen molar-refractivity contribution in [2.75, 3.05) is 6.54 Å². The molecule has 0 bridgehead atoms. The van der Waals surface area contributed by atoms with Crippen molar-refractivity contribution in [3.8, 4) is 6.19 Å². The molecule has 0 saturated carbocycles. The van der Waals surface area contributed by atoms with Crippen LogP contribution in [0.2, 0.25) is 0 Å². The molecule has 0 aromatic carbocycles. The second-order valence-corrected chi connectivity index (χ2v) is 3.59. The Morgan fingerprint density at radius 2 is 2.33 bits per heavy atom. The average Bonchev–Trinajstić information content (AvgIpc) is 2.52. The summed E-state index contributed by atoms with van der Waals surface area (Å²) in [5, 5.41) is 8.77. The van der Waals surface area contributed by atoms with Crippen molar-refractivity contribution in [1.82, 2.24) is 4.90 Å². The Hall–Kier alpha value is -0.710. The highest BCUT2D eigenvalue weighted by Crippen LogP contribution is 2.20. The minimum atomic E-state index is 0.571. The van der Waals surface area contributed by atoms with Crippen molar-refractivity contribution in [2.24, 2.45) is 0 Å². The third-order valence-corrected chi connectivity index (χ3v) is 2.65. The van der Waals surface area contributed by atoms with Gasteiger partial charge in [0.1, 0.15) is 0 Å². The topological polar surface area (TPSA) is 27.0 Å². The molecule has 0 aromatic rings. The molecule has 68 valence electrons. The second kappa shape index (κ2) is 5.03. The SMILES string of the molecule is CCCCCC1CCCN1C#N. The van der Waals surface area contributed by atoms with E-state index in [9.17, 15) is 0 Å². The maximum absolute atomic E-state index is 8.77. The summed E-state index contributed by atoms with van der Waals surface area (Å²) >= 11 is 0. The molecular weight excluding hydrogens is 148 g/mol. The van der Waals surface area contributed by atoms with Gasteiger partial charge in [0, 0.05) is 12.6 Å². The molecule has 1 saturated heterocycles. The molecule has 0 aromatic heterocycles. The zero-order valence-corrected chi connectivity index (χ0v) is 7.92. The van der Waals surface area contributed by atoms with Crippen molar-refractivity contribution in [3.63, 3.8) is 0 Å². The molecule has 1 atom stereocenters. The van der Waals surface area contributed by atoms with E-state index >= 15 is 0 Å². The first-order chi connectivity index (χ1) is 5.88. The Morgan fingerprint density at radius 1 is 1.50 bits per heavy atom. The van der Waals surface area contributed by atoms with Gasteiger partial charge in [-0.25, -0.2) is 0 Å². The van der Waals surface area contributed by atoms with Gasteiger partial charge in [-0.1, -0.05) is 26.2 Å². The summed E-state index contributed by atoms with van der Waals surface area (Å²) in [6.45, 7) is 3.21. The van der Waals surface area contributed by atoms with Crippen LogP contribution >= 0.6 is 0 Å². The van der Waals surface area contributed by atoms with Crippen LogP contribution in [0.3, 0.4) is 0 Å². The van der Waals surface area contributed by atoms with Gasteiger partial charge in [-0.05, 0) is 19.3 Å². The van der Waals surface area contributed by atoms with Crippen molar-refractivity contribution in [3.05, 3.63) is 0 Å². The molecule has 1 heterocycles. The Morgan fingerprint density at radius 3 is 3.00 bits per heavy atom. The van der Waals surface area contributed by atoms with Gasteiger partial charge in [-0.2, -0.15) is 5.26 Å².